The van der Waals surface area contributed by atoms with E-state index in [-0.39, 0.29) is 11.7 Å². The van der Waals surface area contributed by atoms with E-state index in [9.17, 15) is 10.1 Å². The monoisotopic (exact) mass is 391 g/mol. The Bertz CT molecular complexity index is 823. The molecular formula is C17H22ClN7O2. The molecule has 1 aliphatic rings. The van der Waals surface area contributed by atoms with Crippen LogP contribution < -0.4 is 15.5 Å². The summed E-state index contributed by atoms with van der Waals surface area (Å²) in [5, 5.41) is 22.0. The molecule has 1 saturated heterocycles. The fourth-order valence-electron chi connectivity index (χ4n) is 3.03. The molecule has 0 radical (unpaired) electrons. The summed E-state index contributed by atoms with van der Waals surface area (Å²) in [5.41, 5.74) is 1.11. The van der Waals surface area contributed by atoms with Crippen molar-refractivity contribution in [3.05, 3.63) is 51.8 Å². The molecule has 1 fully saturated rings. The highest BCUT2D eigenvalue weighted by Gasteiger charge is 2.23. The van der Waals surface area contributed by atoms with Crippen molar-refractivity contribution in [3.8, 4) is 0 Å². The molecule has 0 saturated carbocycles. The number of aliphatic imine (C=N–C) groups is 1. The number of halogens is 1. The zero-order valence-electron chi connectivity index (χ0n) is 15.0. The number of aromatic nitrogens is 2. The number of hydrogen-bond acceptors (Lipinski definition) is 5. The summed E-state index contributed by atoms with van der Waals surface area (Å²) in [7, 11) is 1.72. The normalized spacial score (nSPS) is 17.2. The van der Waals surface area contributed by atoms with Crippen molar-refractivity contribution in [3.63, 3.8) is 0 Å². The van der Waals surface area contributed by atoms with Gasteiger partial charge in [0.15, 0.2) is 5.96 Å². The van der Waals surface area contributed by atoms with Crippen molar-refractivity contribution in [2.75, 3.05) is 31.6 Å². The predicted octanol–water partition coefficient (Wildman–Crippen LogP) is 1.89. The summed E-state index contributed by atoms with van der Waals surface area (Å²) in [6.07, 6.45) is 3.66. The van der Waals surface area contributed by atoms with Gasteiger partial charge in [0.2, 0.25) is 0 Å². The molecule has 27 heavy (non-hydrogen) atoms. The second kappa shape index (κ2) is 8.72. The summed E-state index contributed by atoms with van der Waals surface area (Å²) >= 11 is 6.08. The van der Waals surface area contributed by atoms with Crippen LogP contribution in [0.3, 0.4) is 0 Å². The molecule has 2 heterocycles. The maximum atomic E-state index is 10.7. The first kappa shape index (κ1) is 19.0. The summed E-state index contributed by atoms with van der Waals surface area (Å²) in [6, 6.07) is 8.14. The second-order valence-electron chi connectivity index (χ2n) is 6.27. The standard InChI is InChI=1S/C17H22ClN7O2/c1-19-17(20-6-8-24-12-16(10-21-24)25(26)27)22-14-5-7-23(11-14)15-4-2-3-13(18)9-15/h2-4,9-10,12,14H,5-8,11H2,1H3,(H2,19,20,22). The van der Waals surface area contributed by atoms with Crippen LogP contribution in [0, 0.1) is 10.1 Å². The van der Waals surface area contributed by atoms with Gasteiger partial charge in [0.1, 0.15) is 12.4 Å². The first-order chi connectivity index (χ1) is 13.0. The third-order valence-electron chi connectivity index (χ3n) is 4.39. The van der Waals surface area contributed by atoms with Crippen LogP contribution in [0.25, 0.3) is 0 Å². The van der Waals surface area contributed by atoms with Crippen molar-refractivity contribution in [2.24, 2.45) is 4.99 Å². The molecule has 2 aromatic rings. The van der Waals surface area contributed by atoms with Crippen LogP contribution in [0.5, 0.6) is 0 Å². The van der Waals surface area contributed by atoms with E-state index in [0.29, 0.717) is 19.0 Å². The first-order valence-corrected chi connectivity index (χ1v) is 9.07. The van der Waals surface area contributed by atoms with E-state index < -0.39 is 4.92 Å². The van der Waals surface area contributed by atoms with Crippen LogP contribution in [-0.4, -0.2) is 53.4 Å². The lowest BCUT2D eigenvalue weighted by Crippen LogP contribution is -2.45. The Labute approximate surface area is 162 Å². The van der Waals surface area contributed by atoms with E-state index in [1.54, 1.807) is 7.05 Å². The number of nitro groups is 1. The van der Waals surface area contributed by atoms with Gasteiger partial charge in [0.05, 0.1) is 11.5 Å². The van der Waals surface area contributed by atoms with E-state index in [1.807, 2.05) is 18.2 Å². The SMILES string of the molecule is CN=C(NCCn1cc([N+](=O)[O-])cn1)NC1CCN(c2cccc(Cl)c2)C1. The first-order valence-electron chi connectivity index (χ1n) is 8.69. The van der Waals surface area contributed by atoms with Crippen LogP contribution in [0.2, 0.25) is 5.02 Å². The Morgan fingerprint density at radius 1 is 1.52 bits per heavy atom. The Balaban J connectivity index is 1.45. The van der Waals surface area contributed by atoms with Gasteiger partial charge in [-0.25, -0.2) is 0 Å². The van der Waals surface area contributed by atoms with Crippen molar-refractivity contribution < 1.29 is 4.92 Å². The predicted molar refractivity (Wildman–Crippen MR) is 105 cm³/mol. The number of hydrogen-bond donors (Lipinski definition) is 2. The fraction of sp³-hybridized carbons (Fsp3) is 0.412. The van der Waals surface area contributed by atoms with Gasteiger partial charge in [-0.05, 0) is 24.6 Å². The average molecular weight is 392 g/mol. The highest BCUT2D eigenvalue weighted by Crippen LogP contribution is 2.23. The minimum absolute atomic E-state index is 0.00966. The molecular weight excluding hydrogens is 370 g/mol. The summed E-state index contributed by atoms with van der Waals surface area (Å²) in [5.74, 6) is 0.703. The quantitative estimate of drug-likeness (QED) is 0.337. The minimum Gasteiger partial charge on any atom is -0.369 e. The largest absolute Gasteiger partial charge is 0.369 e. The van der Waals surface area contributed by atoms with Gasteiger partial charge in [-0.2, -0.15) is 5.10 Å². The summed E-state index contributed by atoms with van der Waals surface area (Å²) in [6.45, 7) is 2.88. The highest BCUT2D eigenvalue weighted by molar-refractivity contribution is 6.30. The number of guanidine groups is 1. The van der Waals surface area contributed by atoms with E-state index in [2.05, 4.69) is 31.7 Å². The van der Waals surface area contributed by atoms with Crippen molar-refractivity contribution in [2.45, 2.75) is 19.0 Å². The van der Waals surface area contributed by atoms with E-state index >= 15 is 0 Å². The summed E-state index contributed by atoms with van der Waals surface area (Å²) in [4.78, 5) is 16.8. The van der Waals surface area contributed by atoms with Crippen LogP contribution in [0.4, 0.5) is 11.4 Å². The zero-order valence-corrected chi connectivity index (χ0v) is 15.8. The number of nitrogens with zero attached hydrogens (tertiary/aromatic N) is 5. The van der Waals surface area contributed by atoms with Crippen molar-refractivity contribution in [1.82, 2.24) is 20.4 Å². The lowest BCUT2D eigenvalue weighted by Gasteiger charge is -2.20. The third kappa shape index (κ3) is 5.10. The second-order valence-corrected chi connectivity index (χ2v) is 6.71. The topological polar surface area (TPSA) is 101 Å². The summed E-state index contributed by atoms with van der Waals surface area (Å²) < 4.78 is 1.54. The molecule has 0 aliphatic carbocycles. The Morgan fingerprint density at radius 3 is 3.07 bits per heavy atom. The van der Waals surface area contributed by atoms with Gasteiger partial charge in [-0.3, -0.25) is 19.8 Å². The number of rotatable bonds is 6. The van der Waals surface area contributed by atoms with E-state index in [1.165, 1.54) is 17.1 Å². The third-order valence-corrected chi connectivity index (χ3v) is 4.62. The molecule has 0 amide bonds. The molecule has 144 valence electrons. The van der Waals surface area contributed by atoms with Gasteiger partial charge in [0, 0.05) is 43.4 Å². The molecule has 1 aliphatic heterocycles. The molecule has 10 heteroatoms. The maximum Gasteiger partial charge on any atom is 0.306 e. The minimum atomic E-state index is -0.455. The van der Waals surface area contributed by atoms with E-state index in [0.717, 1.165) is 30.2 Å². The number of benzene rings is 1. The molecule has 9 nitrogen and oxygen atoms in total. The van der Waals surface area contributed by atoms with Crippen LogP contribution in [0.15, 0.2) is 41.7 Å². The smallest absolute Gasteiger partial charge is 0.306 e. The fourth-order valence-corrected chi connectivity index (χ4v) is 3.22. The Kier molecular flexibility index (Phi) is 6.12. The molecule has 1 unspecified atom stereocenters. The van der Waals surface area contributed by atoms with Gasteiger partial charge in [-0.1, -0.05) is 17.7 Å². The lowest BCUT2D eigenvalue weighted by molar-refractivity contribution is -0.385. The molecule has 2 N–H and O–H groups in total. The molecule has 3 rings (SSSR count). The number of anilines is 1. The highest BCUT2D eigenvalue weighted by atomic mass is 35.5. The van der Waals surface area contributed by atoms with Crippen LogP contribution in [-0.2, 0) is 6.54 Å². The maximum absolute atomic E-state index is 10.7. The van der Waals surface area contributed by atoms with Crippen molar-refractivity contribution in [1.29, 1.82) is 0 Å². The molecule has 1 aromatic heterocycles. The lowest BCUT2D eigenvalue weighted by atomic mass is 10.3. The Hall–Kier alpha value is -2.81. The van der Waals surface area contributed by atoms with Gasteiger partial charge in [-0.15, -0.1) is 0 Å². The van der Waals surface area contributed by atoms with Crippen molar-refractivity contribution >= 4 is 28.9 Å². The zero-order chi connectivity index (χ0) is 19.2. The average Bonchev–Trinajstić information content (AvgIpc) is 3.30. The van der Waals surface area contributed by atoms with Gasteiger partial charge >= 0.3 is 5.69 Å². The molecule has 1 atom stereocenters. The number of nitrogens with one attached hydrogen (secondary N) is 2. The van der Waals surface area contributed by atoms with Crippen LogP contribution in [0.1, 0.15) is 6.42 Å². The molecule has 0 spiro atoms. The van der Waals surface area contributed by atoms with E-state index in [4.69, 9.17) is 11.6 Å². The Morgan fingerprint density at radius 2 is 2.37 bits per heavy atom. The van der Waals surface area contributed by atoms with Gasteiger partial charge < -0.3 is 15.5 Å². The molecule has 1 aromatic carbocycles. The molecule has 0 bridgehead atoms. The van der Waals surface area contributed by atoms with Crippen LogP contribution >= 0.6 is 11.6 Å². The van der Waals surface area contributed by atoms with Gasteiger partial charge in [0.25, 0.3) is 0 Å².